The van der Waals surface area contributed by atoms with Crippen molar-refractivity contribution in [3.05, 3.63) is 29.8 Å². The first-order valence-corrected chi connectivity index (χ1v) is 17.5. The molecule has 5 unspecified atom stereocenters. The van der Waals surface area contributed by atoms with E-state index in [4.69, 9.17) is 4.74 Å². The van der Waals surface area contributed by atoms with Crippen molar-refractivity contribution in [1.29, 1.82) is 0 Å². The molecule has 0 radical (unpaired) electrons. The van der Waals surface area contributed by atoms with Gasteiger partial charge in [-0.05, 0) is 124 Å². The van der Waals surface area contributed by atoms with E-state index in [0.29, 0.717) is 53.6 Å². The lowest BCUT2D eigenvalue weighted by Crippen LogP contribution is -2.58. The summed E-state index contributed by atoms with van der Waals surface area (Å²) in [5.74, 6) is 4.02. The lowest BCUT2D eigenvalue weighted by Gasteiger charge is -2.62. The van der Waals surface area contributed by atoms with Gasteiger partial charge in [0.2, 0.25) is 0 Å². The fourth-order valence-electron chi connectivity index (χ4n) is 10.7. The number of ketones is 1. The van der Waals surface area contributed by atoms with Crippen LogP contribution in [0, 0.1) is 34.5 Å². The summed E-state index contributed by atoms with van der Waals surface area (Å²) in [7, 11) is 0. The Hall–Kier alpha value is -1.39. The molecule has 0 bridgehead atoms. The van der Waals surface area contributed by atoms with E-state index in [1.807, 2.05) is 0 Å². The van der Waals surface area contributed by atoms with Gasteiger partial charge in [-0.1, -0.05) is 53.2 Å². The van der Waals surface area contributed by atoms with E-state index in [0.717, 1.165) is 82.8 Å². The number of aliphatic hydroxyl groups is 1. The first-order valence-electron chi connectivity index (χ1n) is 17.5. The second-order valence-electron chi connectivity index (χ2n) is 14.7. The average molecular weight is 566 g/mol. The first kappa shape index (κ1) is 31.0. The molecule has 0 spiro atoms. The Labute approximate surface area is 250 Å². The van der Waals surface area contributed by atoms with Gasteiger partial charge in [0.05, 0.1) is 12.2 Å². The zero-order valence-corrected chi connectivity index (χ0v) is 26.9. The monoisotopic (exact) mass is 565 g/mol. The number of nitrogens with one attached hydrogen (secondary N) is 1. The van der Waals surface area contributed by atoms with Crippen LogP contribution in [-0.2, 0) is 4.79 Å². The highest BCUT2D eigenvalue weighted by Crippen LogP contribution is 2.69. The van der Waals surface area contributed by atoms with Crippen molar-refractivity contribution in [3.8, 4) is 5.75 Å². The van der Waals surface area contributed by atoms with Gasteiger partial charge in [0.15, 0.2) is 0 Å². The molecule has 4 saturated carbocycles. The predicted octanol–water partition coefficient (Wildman–Crippen LogP) is 8.81. The number of benzene rings is 1. The molecule has 4 fully saturated rings. The molecule has 0 aromatic heterocycles. The van der Waals surface area contributed by atoms with E-state index in [-0.39, 0.29) is 5.41 Å². The Kier molecular flexibility index (Phi) is 9.61. The number of hydrogen-bond acceptors (Lipinski definition) is 4. The van der Waals surface area contributed by atoms with Crippen LogP contribution in [0.15, 0.2) is 24.3 Å². The predicted molar refractivity (Wildman–Crippen MR) is 168 cm³/mol. The van der Waals surface area contributed by atoms with Crippen LogP contribution in [0.5, 0.6) is 5.75 Å². The van der Waals surface area contributed by atoms with Crippen molar-refractivity contribution in [1.82, 2.24) is 5.32 Å². The van der Waals surface area contributed by atoms with Gasteiger partial charge in [-0.2, -0.15) is 0 Å². The average Bonchev–Trinajstić information content (AvgIpc) is 3.26. The molecule has 0 amide bonds. The minimum atomic E-state index is -0.574. The van der Waals surface area contributed by atoms with Gasteiger partial charge >= 0.3 is 0 Å². The van der Waals surface area contributed by atoms with Gasteiger partial charge in [-0.25, -0.2) is 0 Å². The molecule has 5 rings (SSSR count). The molecule has 4 nitrogen and oxygen atoms in total. The fraction of sp³-hybridized carbons (Fsp3) is 0.811. The maximum absolute atomic E-state index is 12.3. The quantitative estimate of drug-likeness (QED) is 0.266. The summed E-state index contributed by atoms with van der Waals surface area (Å²) in [6.45, 7) is 12.2. The SMILES string of the molecule is CCC[C@]1(O)CCC2C3CCC4CC(=O)CC[C@]4(C)C3CC[C@@]21CCOc1cccc(C(CC)NC(CC)CC)c1. The summed E-state index contributed by atoms with van der Waals surface area (Å²) >= 11 is 0. The van der Waals surface area contributed by atoms with Crippen LogP contribution in [0.3, 0.4) is 0 Å². The summed E-state index contributed by atoms with van der Waals surface area (Å²) in [6, 6.07) is 9.62. The largest absolute Gasteiger partial charge is 0.494 e. The van der Waals surface area contributed by atoms with Gasteiger partial charge in [0.25, 0.3) is 0 Å². The number of carbonyl (C=O) groups is 1. The van der Waals surface area contributed by atoms with Crippen LogP contribution >= 0.6 is 0 Å². The Morgan fingerprint density at radius 2 is 1.76 bits per heavy atom. The molecule has 41 heavy (non-hydrogen) atoms. The third kappa shape index (κ3) is 5.66. The number of ether oxygens (including phenoxy) is 1. The van der Waals surface area contributed by atoms with Crippen molar-refractivity contribution in [3.63, 3.8) is 0 Å². The maximum atomic E-state index is 12.3. The second kappa shape index (κ2) is 12.7. The molecule has 2 N–H and O–H groups in total. The minimum absolute atomic E-state index is 0.0432. The second-order valence-corrected chi connectivity index (χ2v) is 14.7. The molecule has 0 saturated heterocycles. The molecule has 0 heterocycles. The van der Waals surface area contributed by atoms with Crippen molar-refractivity contribution in [2.24, 2.45) is 34.5 Å². The highest BCUT2D eigenvalue weighted by Gasteiger charge is 2.65. The molecule has 1 aromatic rings. The van der Waals surface area contributed by atoms with Crippen molar-refractivity contribution >= 4 is 5.78 Å². The van der Waals surface area contributed by atoms with Gasteiger partial charge in [0.1, 0.15) is 11.5 Å². The van der Waals surface area contributed by atoms with Crippen molar-refractivity contribution in [2.45, 2.75) is 149 Å². The van der Waals surface area contributed by atoms with Crippen LogP contribution in [0.2, 0.25) is 0 Å². The van der Waals surface area contributed by atoms with Crippen LogP contribution in [0.1, 0.15) is 143 Å². The molecule has 8 atom stereocenters. The zero-order chi connectivity index (χ0) is 29.3. The highest BCUT2D eigenvalue weighted by atomic mass is 16.5. The van der Waals surface area contributed by atoms with Crippen LogP contribution in [0.4, 0.5) is 0 Å². The number of rotatable bonds is 12. The van der Waals surface area contributed by atoms with Gasteiger partial charge in [0, 0.05) is 30.3 Å². The summed E-state index contributed by atoms with van der Waals surface area (Å²) < 4.78 is 6.55. The van der Waals surface area contributed by atoms with E-state index in [2.05, 4.69) is 64.2 Å². The van der Waals surface area contributed by atoms with E-state index in [1.54, 1.807) is 0 Å². The fourth-order valence-corrected chi connectivity index (χ4v) is 10.7. The Balaban J connectivity index is 1.32. The Bertz CT molecular complexity index is 1040. The van der Waals surface area contributed by atoms with Crippen LogP contribution < -0.4 is 10.1 Å². The van der Waals surface area contributed by atoms with Crippen LogP contribution in [0.25, 0.3) is 0 Å². The van der Waals surface area contributed by atoms with Crippen molar-refractivity contribution < 1.29 is 14.6 Å². The highest BCUT2D eigenvalue weighted by molar-refractivity contribution is 5.79. The molecule has 1 aromatic carbocycles. The Morgan fingerprint density at radius 1 is 0.976 bits per heavy atom. The topological polar surface area (TPSA) is 58.6 Å². The summed E-state index contributed by atoms with van der Waals surface area (Å²) in [5.41, 5.74) is 1.00. The molecule has 4 heteroatoms. The normalized spacial score (nSPS) is 37.4. The van der Waals surface area contributed by atoms with E-state index < -0.39 is 5.60 Å². The first-order chi connectivity index (χ1) is 19.7. The molecule has 230 valence electrons. The number of carbonyl (C=O) groups excluding carboxylic acids is 1. The van der Waals surface area contributed by atoms with Gasteiger partial charge in [-0.3, -0.25) is 4.79 Å². The Morgan fingerprint density at radius 3 is 2.49 bits per heavy atom. The third-order valence-electron chi connectivity index (χ3n) is 13.1. The lowest BCUT2D eigenvalue weighted by molar-refractivity contribution is -0.169. The van der Waals surface area contributed by atoms with Crippen LogP contribution in [-0.4, -0.2) is 29.1 Å². The molecular formula is C37H59NO3. The van der Waals surface area contributed by atoms with E-state index in [1.165, 1.54) is 24.8 Å². The number of hydrogen-bond donors (Lipinski definition) is 2. The smallest absolute Gasteiger partial charge is 0.133 e. The third-order valence-corrected chi connectivity index (χ3v) is 13.1. The van der Waals surface area contributed by atoms with Gasteiger partial charge in [-0.15, -0.1) is 0 Å². The van der Waals surface area contributed by atoms with E-state index in [9.17, 15) is 9.90 Å². The summed E-state index contributed by atoms with van der Waals surface area (Å²) in [4.78, 5) is 12.3. The lowest BCUT2D eigenvalue weighted by atomic mass is 9.43. The van der Waals surface area contributed by atoms with Gasteiger partial charge < -0.3 is 15.2 Å². The molecular weight excluding hydrogens is 506 g/mol. The zero-order valence-electron chi connectivity index (χ0n) is 26.9. The maximum Gasteiger partial charge on any atom is 0.133 e. The molecule has 4 aliphatic carbocycles. The molecule has 0 aliphatic heterocycles. The van der Waals surface area contributed by atoms with E-state index >= 15 is 0 Å². The summed E-state index contributed by atoms with van der Waals surface area (Å²) in [5, 5.41) is 16.2. The molecule has 4 aliphatic rings. The summed E-state index contributed by atoms with van der Waals surface area (Å²) in [6.07, 6.45) is 15.8. The standard InChI is InChI=1S/C37H59NO3/c1-6-18-37(40)21-17-33-31-14-13-27-25-29(39)15-19-35(27,5)32(31)16-20-36(33,37)22-23-41-30-12-10-11-26(24-30)34(9-4)38-28(7-2)8-3/h10-12,24,27-28,31-34,38,40H,6-9,13-23,25H2,1-5H3/t27?,31?,32?,33?,34?,35-,36+,37-/m0/s1. The minimum Gasteiger partial charge on any atom is -0.494 e. The number of fused-ring (bicyclic) bond motifs is 5. The van der Waals surface area contributed by atoms with Crippen molar-refractivity contribution in [2.75, 3.05) is 6.61 Å². The number of Topliss-reactive ketones (excluding diaryl/α,β-unsaturated/α-hetero) is 1.